The predicted octanol–water partition coefficient (Wildman–Crippen LogP) is 3.62. The first-order valence-corrected chi connectivity index (χ1v) is 9.65. The van der Waals surface area contributed by atoms with E-state index in [4.69, 9.17) is 0 Å². The van der Waals surface area contributed by atoms with Crippen molar-refractivity contribution in [2.45, 2.75) is 51.7 Å². The summed E-state index contributed by atoms with van der Waals surface area (Å²) in [4.78, 5) is 12.0. The second-order valence-corrected chi connectivity index (χ2v) is 7.23. The number of aryl methyl sites for hydroxylation is 1. The molecular weight excluding hydrogens is 356 g/mol. The zero-order valence-electron chi connectivity index (χ0n) is 16.5. The first kappa shape index (κ1) is 21.7. The van der Waals surface area contributed by atoms with E-state index in [-0.39, 0.29) is 23.4 Å². The third-order valence-electron chi connectivity index (χ3n) is 4.67. The smallest absolute Gasteiger partial charge is 0.224 e. The van der Waals surface area contributed by atoms with E-state index >= 15 is 0 Å². The van der Waals surface area contributed by atoms with E-state index < -0.39 is 6.10 Å². The number of carbonyl (C=O) groups is 1. The van der Waals surface area contributed by atoms with Gasteiger partial charge in [0.2, 0.25) is 5.91 Å². The lowest BCUT2D eigenvalue weighted by atomic mass is 10.1. The molecule has 0 aliphatic rings. The molecule has 1 amide bonds. The van der Waals surface area contributed by atoms with Crippen molar-refractivity contribution < 1.29 is 20.1 Å². The maximum absolute atomic E-state index is 12.0. The van der Waals surface area contributed by atoms with Gasteiger partial charge in [-0.05, 0) is 56.5 Å². The van der Waals surface area contributed by atoms with Crippen molar-refractivity contribution >= 4 is 11.6 Å². The van der Waals surface area contributed by atoms with Crippen LogP contribution in [0, 0.1) is 6.92 Å². The van der Waals surface area contributed by atoms with Gasteiger partial charge in [0.15, 0.2) is 11.5 Å². The van der Waals surface area contributed by atoms with Crippen LogP contribution in [0.5, 0.6) is 11.5 Å². The van der Waals surface area contributed by atoms with Crippen LogP contribution < -0.4 is 10.6 Å². The molecule has 2 aromatic rings. The number of anilines is 1. The number of phenolic OH excluding ortho intramolecular Hbond substituents is 2. The Morgan fingerprint density at radius 3 is 2.43 bits per heavy atom. The molecule has 6 heteroatoms. The van der Waals surface area contributed by atoms with Crippen molar-refractivity contribution in [2.24, 2.45) is 0 Å². The Bertz CT molecular complexity index is 762. The molecule has 0 spiro atoms. The first-order valence-electron chi connectivity index (χ1n) is 9.65. The lowest BCUT2D eigenvalue weighted by Crippen LogP contribution is -2.30. The molecule has 0 unspecified atom stereocenters. The normalized spacial score (nSPS) is 13.1. The van der Waals surface area contributed by atoms with Gasteiger partial charge in [-0.15, -0.1) is 0 Å². The van der Waals surface area contributed by atoms with Crippen molar-refractivity contribution in [3.05, 3.63) is 53.6 Å². The molecular formula is C22H30N2O4. The molecule has 2 rings (SSSR count). The summed E-state index contributed by atoms with van der Waals surface area (Å²) < 4.78 is 0. The Balaban J connectivity index is 1.61. The summed E-state index contributed by atoms with van der Waals surface area (Å²) in [7, 11) is 0. The molecule has 0 aromatic heterocycles. The number of aromatic hydroxyl groups is 2. The Kier molecular flexibility index (Phi) is 8.29. The summed E-state index contributed by atoms with van der Waals surface area (Å²) >= 11 is 0. The Morgan fingerprint density at radius 1 is 1.04 bits per heavy atom. The van der Waals surface area contributed by atoms with E-state index in [2.05, 4.69) is 10.6 Å². The Morgan fingerprint density at radius 2 is 1.75 bits per heavy atom. The minimum Gasteiger partial charge on any atom is -0.504 e. The van der Waals surface area contributed by atoms with Crippen LogP contribution in [0.4, 0.5) is 5.69 Å². The van der Waals surface area contributed by atoms with Crippen molar-refractivity contribution in [2.75, 3.05) is 11.9 Å². The maximum atomic E-state index is 12.0. The number of aliphatic hydroxyl groups excluding tert-OH is 1. The van der Waals surface area contributed by atoms with Crippen molar-refractivity contribution in [3.8, 4) is 11.5 Å². The van der Waals surface area contributed by atoms with Gasteiger partial charge in [0.05, 0.1) is 6.10 Å². The van der Waals surface area contributed by atoms with Gasteiger partial charge in [-0.2, -0.15) is 0 Å². The molecule has 0 fully saturated rings. The molecule has 0 heterocycles. The first-order chi connectivity index (χ1) is 13.3. The van der Waals surface area contributed by atoms with Crippen LogP contribution >= 0.6 is 0 Å². The van der Waals surface area contributed by atoms with Crippen molar-refractivity contribution in [3.63, 3.8) is 0 Å². The summed E-state index contributed by atoms with van der Waals surface area (Å²) in [5.41, 5.74) is 2.52. The highest BCUT2D eigenvalue weighted by atomic mass is 16.3. The SMILES string of the molecule is Cc1ccc(NC(=O)CCCC[C@@H](C)NC[C@@H](O)c2ccc(O)c(O)c2)cc1. The molecule has 2 atom stereocenters. The molecule has 0 radical (unpaired) electrons. The van der Waals surface area contributed by atoms with Gasteiger partial charge in [0, 0.05) is 24.7 Å². The largest absolute Gasteiger partial charge is 0.504 e. The fraction of sp³-hybridized carbons (Fsp3) is 0.409. The summed E-state index contributed by atoms with van der Waals surface area (Å²) in [6, 6.07) is 12.2. The maximum Gasteiger partial charge on any atom is 0.224 e. The van der Waals surface area contributed by atoms with Gasteiger partial charge in [0.1, 0.15) is 0 Å². The zero-order chi connectivity index (χ0) is 20.5. The van der Waals surface area contributed by atoms with Gasteiger partial charge in [0.25, 0.3) is 0 Å². The number of phenols is 2. The highest BCUT2D eigenvalue weighted by molar-refractivity contribution is 5.90. The molecule has 152 valence electrons. The summed E-state index contributed by atoms with van der Waals surface area (Å²) in [6.07, 6.45) is 2.32. The fourth-order valence-corrected chi connectivity index (χ4v) is 2.88. The fourth-order valence-electron chi connectivity index (χ4n) is 2.88. The van der Waals surface area contributed by atoms with Crippen molar-refractivity contribution in [1.29, 1.82) is 0 Å². The van der Waals surface area contributed by atoms with E-state index in [1.807, 2.05) is 38.1 Å². The molecule has 0 saturated carbocycles. The van der Waals surface area contributed by atoms with Crippen LogP contribution in [0.1, 0.15) is 49.8 Å². The minimum absolute atomic E-state index is 0.0204. The van der Waals surface area contributed by atoms with E-state index in [1.54, 1.807) is 6.07 Å². The number of unbranched alkanes of at least 4 members (excludes halogenated alkanes) is 1. The lowest BCUT2D eigenvalue weighted by molar-refractivity contribution is -0.116. The number of rotatable bonds is 10. The molecule has 5 N–H and O–H groups in total. The van der Waals surface area contributed by atoms with Crippen molar-refractivity contribution in [1.82, 2.24) is 5.32 Å². The number of hydrogen-bond donors (Lipinski definition) is 5. The summed E-state index contributed by atoms with van der Waals surface area (Å²) in [5.74, 6) is -0.427. The van der Waals surface area contributed by atoms with Crippen LogP contribution in [0.15, 0.2) is 42.5 Å². The zero-order valence-corrected chi connectivity index (χ0v) is 16.5. The van der Waals surface area contributed by atoms with Crippen LogP contribution in [0.2, 0.25) is 0 Å². The van der Waals surface area contributed by atoms with Crippen LogP contribution in [0.3, 0.4) is 0 Å². The van der Waals surface area contributed by atoms with Gasteiger partial charge in [-0.25, -0.2) is 0 Å². The second-order valence-electron chi connectivity index (χ2n) is 7.23. The van der Waals surface area contributed by atoms with Gasteiger partial charge < -0.3 is 26.0 Å². The average Bonchev–Trinajstić information content (AvgIpc) is 2.67. The highest BCUT2D eigenvalue weighted by Gasteiger charge is 2.12. The third-order valence-corrected chi connectivity index (χ3v) is 4.67. The van der Waals surface area contributed by atoms with Crippen LogP contribution in [0.25, 0.3) is 0 Å². The third kappa shape index (κ3) is 7.21. The quantitative estimate of drug-likeness (QED) is 0.317. The number of nitrogens with one attached hydrogen (secondary N) is 2. The van der Waals surface area contributed by atoms with E-state index in [0.29, 0.717) is 18.5 Å². The molecule has 2 aromatic carbocycles. The molecule has 0 aliphatic carbocycles. The average molecular weight is 386 g/mol. The molecule has 0 aliphatic heterocycles. The van der Waals surface area contributed by atoms with Crippen LogP contribution in [-0.2, 0) is 4.79 Å². The predicted molar refractivity (Wildman–Crippen MR) is 110 cm³/mol. The second kappa shape index (κ2) is 10.7. The number of benzene rings is 2. The molecule has 6 nitrogen and oxygen atoms in total. The topological polar surface area (TPSA) is 102 Å². The highest BCUT2D eigenvalue weighted by Crippen LogP contribution is 2.27. The lowest BCUT2D eigenvalue weighted by Gasteiger charge is -2.17. The van der Waals surface area contributed by atoms with E-state index in [0.717, 1.165) is 30.5 Å². The molecule has 28 heavy (non-hydrogen) atoms. The van der Waals surface area contributed by atoms with Gasteiger partial charge >= 0.3 is 0 Å². The number of hydrogen-bond acceptors (Lipinski definition) is 5. The number of amides is 1. The van der Waals surface area contributed by atoms with Crippen LogP contribution in [-0.4, -0.2) is 33.8 Å². The molecule has 0 saturated heterocycles. The summed E-state index contributed by atoms with van der Waals surface area (Å²) in [6.45, 7) is 4.39. The Labute approximate surface area is 166 Å². The number of aliphatic hydroxyl groups is 1. The van der Waals surface area contributed by atoms with Gasteiger partial charge in [-0.3, -0.25) is 4.79 Å². The van der Waals surface area contributed by atoms with E-state index in [9.17, 15) is 20.1 Å². The molecule has 0 bridgehead atoms. The monoisotopic (exact) mass is 386 g/mol. The Hall–Kier alpha value is -2.57. The minimum atomic E-state index is -0.769. The van der Waals surface area contributed by atoms with E-state index in [1.165, 1.54) is 12.1 Å². The number of carbonyl (C=O) groups excluding carboxylic acids is 1. The van der Waals surface area contributed by atoms with Gasteiger partial charge in [-0.1, -0.05) is 30.2 Å². The summed E-state index contributed by atoms with van der Waals surface area (Å²) in [5, 5.41) is 35.2. The standard InChI is InChI=1S/C22H30N2O4/c1-15-7-10-18(11-8-15)24-22(28)6-4-3-5-16(2)23-14-21(27)17-9-12-19(25)20(26)13-17/h7-13,16,21,23,25-27H,3-6,14H2,1-2H3,(H,24,28)/t16-,21-/m1/s1.